The van der Waals surface area contributed by atoms with Crippen LogP contribution in [0.4, 0.5) is 11.4 Å². The van der Waals surface area contributed by atoms with E-state index in [0.717, 1.165) is 16.9 Å². The van der Waals surface area contributed by atoms with E-state index >= 15 is 0 Å². The van der Waals surface area contributed by atoms with E-state index < -0.39 is 23.4 Å². The molecule has 1 aliphatic heterocycles. The van der Waals surface area contributed by atoms with Crippen molar-refractivity contribution in [1.29, 1.82) is 0 Å². The number of ether oxygens (including phenoxy) is 2. The van der Waals surface area contributed by atoms with Crippen LogP contribution in [0.1, 0.15) is 22.2 Å². The average Bonchev–Trinajstić information content (AvgIpc) is 3.03. The van der Waals surface area contributed by atoms with Gasteiger partial charge in [-0.3, -0.25) is 9.59 Å². The second kappa shape index (κ2) is 6.21. The summed E-state index contributed by atoms with van der Waals surface area (Å²) < 4.78 is 10.4. The molecule has 25 heavy (non-hydrogen) atoms. The van der Waals surface area contributed by atoms with Crippen LogP contribution in [0.2, 0.25) is 0 Å². The van der Waals surface area contributed by atoms with Crippen molar-refractivity contribution in [3.8, 4) is 5.75 Å². The number of methoxy groups -OCH3 is 1. The topological polar surface area (TPSA) is 93.7 Å². The molecule has 2 aromatic rings. The molecule has 1 unspecified atom stereocenters. The molecule has 0 radical (unpaired) electrons. The Morgan fingerprint density at radius 1 is 1.32 bits per heavy atom. The van der Waals surface area contributed by atoms with Gasteiger partial charge in [-0.1, -0.05) is 6.07 Å². The number of carbonyl (C=O) groups excluding carboxylic acids is 3. The van der Waals surface area contributed by atoms with Gasteiger partial charge in [-0.05, 0) is 43.0 Å². The standard InChI is InChI=1S/C17H16N2O5S/c1-9-4-5-12-11(8-9)19-16(22)17(2,24-12)15(21)18-10-6-7-25-13(10)14(20)23-3/h4-8H,1-3H3,(H,18,21)(H,19,22). The first-order chi connectivity index (χ1) is 11.8. The van der Waals surface area contributed by atoms with Gasteiger partial charge in [-0.25, -0.2) is 4.79 Å². The van der Waals surface area contributed by atoms with Crippen LogP contribution in [0, 0.1) is 6.92 Å². The molecule has 0 spiro atoms. The Bertz CT molecular complexity index is 876. The Balaban J connectivity index is 1.87. The summed E-state index contributed by atoms with van der Waals surface area (Å²) in [6, 6.07) is 6.85. The van der Waals surface area contributed by atoms with Crippen molar-refractivity contribution in [1.82, 2.24) is 0 Å². The van der Waals surface area contributed by atoms with Crippen LogP contribution in [0.3, 0.4) is 0 Å². The van der Waals surface area contributed by atoms with Crippen molar-refractivity contribution in [2.75, 3.05) is 17.7 Å². The Labute approximate surface area is 147 Å². The van der Waals surface area contributed by atoms with E-state index in [-0.39, 0.29) is 10.6 Å². The quantitative estimate of drug-likeness (QED) is 0.648. The van der Waals surface area contributed by atoms with Crippen molar-refractivity contribution < 1.29 is 23.9 Å². The third-order valence-corrected chi connectivity index (χ3v) is 4.74. The van der Waals surface area contributed by atoms with Gasteiger partial charge in [0.2, 0.25) is 0 Å². The highest BCUT2D eigenvalue weighted by molar-refractivity contribution is 7.12. The minimum atomic E-state index is -1.77. The number of carbonyl (C=O) groups is 3. The van der Waals surface area contributed by atoms with Gasteiger partial charge in [-0.15, -0.1) is 11.3 Å². The fraction of sp³-hybridized carbons (Fsp3) is 0.235. The van der Waals surface area contributed by atoms with E-state index in [1.807, 2.05) is 13.0 Å². The third-order valence-electron chi connectivity index (χ3n) is 3.85. The molecule has 0 saturated heterocycles. The first-order valence-corrected chi connectivity index (χ1v) is 8.31. The lowest BCUT2D eigenvalue weighted by molar-refractivity contribution is -0.143. The first-order valence-electron chi connectivity index (χ1n) is 7.43. The molecule has 7 nitrogen and oxygen atoms in total. The van der Waals surface area contributed by atoms with E-state index in [0.29, 0.717) is 11.4 Å². The van der Waals surface area contributed by atoms with Crippen LogP contribution in [-0.2, 0) is 14.3 Å². The lowest BCUT2D eigenvalue weighted by Gasteiger charge is -2.33. The maximum absolute atomic E-state index is 12.7. The van der Waals surface area contributed by atoms with Crippen LogP contribution in [0.5, 0.6) is 5.75 Å². The molecule has 0 fully saturated rings. The van der Waals surface area contributed by atoms with Crippen LogP contribution < -0.4 is 15.4 Å². The number of hydrogen-bond donors (Lipinski definition) is 2. The lowest BCUT2D eigenvalue weighted by Crippen LogP contribution is -2.56. The van der Waals surface area contributed by atoms with E-state index in [1.54, 1.807) is 23.6 Å². The summed E-state index contributed by atoms with van der Waals surface area (Å²) in [6.07, 6.45) is 0. The van der Waals surface area contributed by atoms with Crippen LogP contribution in [0.25, 0.3) is 0 Å². The second-order valence-corrected chi connectivity index (χ2v) is 6.61. The molecule has 8 heteroatoms. The second-order valence-electron chi connectivity index (χ2n) is 5.70. The molecule has 2 amide bonds. The van der Waals surface area contributed by atoms with Gasteiger partial charge in [0, 0.05) is 0 Å². The SMILES string of the molecule is COC(=O)c1sccc1NC(=O)C1(C)Oc2ccc(C)cc2NC1=O. The van der Waals surface area contributed by atoms with Crippen LogP contribution >= 0.6 is 11.3 Å². The first kappa shape index (κ1) is 17.0. The molecular weight excluding hydrogens is 344 g/mol. The molecule has 2 N–H and O–H groups in total. The molecule has 0 aliphatic carbocycles. The average molecular weight is 360 g/mol. The highest BCUT2D eigenvalue weighted by Gasteiger charge is 2.47. The van der Waals surface area contributed by atoms with Gasteiger partial charge in [0.25, 0.3) is 17.4 Å². The van der Waals surface area contributed by atoms with Gasteiger partial charge >= 0.3 is 5.97 Å². The maximum atomic E-state index is 12.7. The highest BCUT2D eigenvalue weighted by atomic mass is 32.1. The molecule has 1 aromatic heterocycles. The van der Waals surface area contributed by atoms with E-state index in [9.17, 15) is 14.4 Å². The number of hydrogen-bond acceptors (Lipinski definition) is 6. The molecule has 1 aliphatic rings. The number of benzene rings is 1. The predicted octanol–water partition coefficient (Wildman–Crippen LogP) is 2.57. The molecule has 3 rings (SSSR count). The zero-order valence-electron chi connectivity index (χ0n) is 13.8. The fourth-order valence-electron chi connectivity index (χ4n) is 2.39. The molecule has 130 valence electrons. The zero-order valence-corrected chi connectivity index (χ0v) is 14.7. The van der Waals surface area contributed by atoms with Crippen LogP contribution in [0.15, 0.2) is 29.6 Å². The monoisotopic (exact) mass is 360 g/mol. The van der Waals surface area contributed by atoms with Crippen molar-refractivity contribution >= 4 is 40.5 Å². The number of fused-ring (bicyclic) bond motifs is 1. The number of thiophene rings is 1. The molecule has 2 heterocycles. The number of aryl methyl sites for hydroxylation is 1. The summed E-state index contributed by atoms with van der Waals surface area (Å²) in [5.74, 6) is -1.43. The van der Waals surface area contributed by atoms with E-state index in [2.05, 4.69) is 15.4 Å². The molecule has 0 saturated carbocycles. The number of amides is 2. The predicted molar refractivity (Wildman–Crippen MR) is 93.1 cm³/mol. The third kappa shape index (κ3) is 2.96. The zero-order chi connectivity index (χ0) is 18.2. The van der Waals surface area contributed by atoms with E-state index in [4.69, 9.17) is 4.74 Å². The Morgan fingerprint density at radius 3 is 2.80 bits per heavy atom. The Morgan fingerprint density at radius 2 is 2.08 bits per heavy atom. The van der Waals surface area contributed by atoms with Gasteiger partial charge in [0.05, 0.1) is 18.5 Å². The summed E-state index contributed by atoms with van der Waals surface area (Å²) in [7, 11) is 1.26. The summed E-state index contributed by atoms with van der Waals surface area (Å²) in [5.41, 5.74) is -0.0238. The van der Waals surface area contributed by atoms with Crippen molar-refractivity contribution in [2.24, 2.45) is 0 Å². The molecule has 0 bridgehead atoms. The van der Waals surface area contributed by atoms with Gasteiger partial charge in [0.15, 0.2) is 0 Å². The fourth-order valence-corrected chi connectivity index (χ4v) is 3.15. The van der Waals surface area contributed by atoms with Crippen molar-refractivity contribution in [3.63, 3.8) is 0 Å². The minimum Gasteiger partial charge on any atom is -0.466 e. The summed E-state index contributed by atoms with van der Waals surface area (Å²) >= 11 is 1.13. The summed E-state index contributed by atoms with van der Waals surface area (Å²) in [4.78, 5) is 37.1. The Kier molecular flexibility index (Phi) is 4.22. The Hall–Kier alpha value is -2.87. The summed E-state index contributed by atoms with van der Waals surface area (Å²) in [5, 5.41) is 6.90. The van der Waals surface area contributed by atoms with Crippen molar-refractivity contribution in [2.45, 2.75) is 19.4 Å². The van der Waals surface area contributed by atoms with Crippen molar-refractivity contribution in [3.05, 3.63) is 40.1 Å². The highest BCUT2D eigenvalue weighted by Crippen LogP contribution is 2.35. The van der Waals surface area contributed by atoms with Gasteiger partial charge in [0.1, 0.15) is 10.6 Å². The molecular formula is C17H16N2O5S. The minimum absolute atomic E-state index is 0.242. The molecule has 1 atom stereocenters. The van der Waals surface area contributed by atoms with Crippen LogP contribution in [-0.4, -0.2) is 30.5 Å². The number of rotatable bonds is 3. The lowest BCUT2D eigenvalue weighted by atomic mass is 10.0. The number of anilines is 2. The normalized spacial score (nSPS) is 18.6. The smallest absolute Gasteiger partial charge is 0.350 e. The summed E-state index contributed by atoms with van der Waals surface area (Å²) in [6.45, 7) is 3.27. The maximum Gasteiger partial charge on any atom is 0.350 e. The van der Waals surface area contributed by atoms with Gasteiger partial charge < -0.3 is 20.1 Å². The number of nitrogens with one attached hydrogen (secondary N) is 2. The van der Waals surface area contributed by atoms with Gasteiger partial charge in [-0.2, -0.15) is 0 Å². The van der Waals surface area contributed by atoms with E-state index in [1.165, 1.54) is 14.0 Å². The number of esters is 1. The molecule has 1 aromatic carbocycles. The largest absolute Gasteiger partial charge is 0.466 e.